The number of nitro benzene ring substituents is 1. The number of carbonyl (C=O) groups excluding carboxylic acids is 1. The minimum Gasteiger partial charge on any atom is -0.325 e. The zero-order valence-corrected chi connectivity index (χ0v) is 16.8. The van der Waals surface area contributed by atoms with E-state index < -0.39 is 14.9 Å². The molecule has 0 saturated carbocycles. The minimum absolute atomic E-state index is 0.0852. The Morgan fingerprint density at radius 1 is 1.17 bits per heavy atom. The van der Waals surface area contributed by atoms with Crippen LogP contribution in [-0.2, 0) is 14.8 Å². The smallest absolute Gasteiger partial charge is 0.279 e. The predicted molar refractivity (Wildman–Crippen MR) is 107 cm³/mol. The molecule has 0 bridgehead atoms. The van der Waals surface area contributed by atoms with Gasteiger partial charge in [-0.1, -0.05) is 24.3 Å². The van der Waals surface area contributed by atoms with Crippen molar-refractivity contribution < 1.29 is 23.0 Å². The van der Waals surface area contributed by atoms with Gasteiger partial charge in [0.1, 0.15) is 0 Å². The lowest BCUT2D eigenvalue weighted by Crippen LogP contribution is -3.15. The van der Waals surface area contributed by atoms with E-state index in [1.54, 1.807) is 43.3 Å². The number of benzene rings is 2. The summed E-state index contributed by atoms with van der Waals surface area (Å²) in [5.41, 5.74) is 1.06. The van der Waals surface area contributed by atoms with Crippen molar-refractivity contribution in [2.75, 3.05) is 38.0 Å². The number of piperazine rings is 1. The fraction of sp³-hybridized carbons (Fsp3) is 0.316. The second-order valence-corrected chi connectivity index (χ2v) is 8.89. The van der Waals surface area contributed by atoms with Gasteiger partial charge in [-0.3, -0.25) is 14.9 Å². The Morgan fingerprint density at radius 2 is 1.83 bits per heavy atom. The van der Waals surface area contributed by atoms with Gasteiger partial charge >= 0.3 is 0 Å². The summed E-state index contributed by atoms with van der Waals surface area (Å²) in [4.78, 5) is 24.0. The van der Waals surface area contributed by atoms with Crippen LogP contribution in [0.3, 0.4) is 0 Å². The Bertz CT molecular complexity index is 1000. The lowest BCUT2D eigenvalue weighted by molar-refractivity contribution is -0.895. The van der Waals surface area contributed by atoms with Gasteiger partial charge in [0.15, 0.2) is 6.54 Å². The summed E-state index contributed by atoms with van der Waals surface area (Å²) >= 11 is 0. The van der Waals surface area contributed by atoms with E-state index in [1.165, 1.54) is 16.4 Å². The third kappa shape index (κ3) is 4.97. The molecule has 2 aromatic rings. The first-order valence-electron chi connectivity index (χ1n) is 9.21. The number of hydrogen-bond acceptors (Lipinski definition) is 5. The summed E-state index contributed by atoms with van der Waals surface area (Å²) in [5, 5.41) is 13.6. The van der Waals surface area contributed by atoms with E-state index in [4.69, 9.17) is 0 Å². The highest BCUT2D eigenvalue weighted by Crippen LogP contribution is 2.21. The van der Waals surface area contributed by atoms with Gasteiger partial charge in [0.05, 0.1) is 41.7 Å². The number of nitro groups is 1. The topological polar surface area (TPSA) is 114 Å². The molecule has 0 spiro atoms. The van der Waals surface area contributed by atoms with Crippen LogP contribution in [0, 0.1) is 17.0 Å². The van der Waals surface area contributed by atoms with Crippen molar-refractivity contribution in [3.8, 4) is 0 Å². The Kier molecular flexibility index (Phi) is 6.26. The molecule has 1 aliphatic rings. The van der Waals surface area contributed by atoms with E-state index in [2.05, 4.69) is 5.32 Å². The van der Waals surface area contributed by atoms with E-state index in [1.807, 2.05) is 0 Å². The second kappa shape index (κ2) is 8.68. The van der Waals surface area contributed by atoms with Crippen molar-refractivity contribution in [3.05, 3.63) is 64.2 Å². The van der Waals surface area contributed by atoms with Crippen molar-refractivity contribution in [3.63, 3.8) is 0 Å². The number of nitrogens with one attached hydrogen (secondary N) is 2. The maximum atomic E-state index is 12.7. The number of amides is 1. The molecule has 0 aromatic heterocycles. The molecule has 1 saturated heterocycles. The third-order valence-electron chi connectivity index (χ3n) is 4.93. The van der Waals surface area contributed by atoms with Crippen LogP contribution in [0.4, 0.5) is 11.4 Å². The summed E-state index contributed by atoms with van der Waals surface area (Å²) in [5.74, 6) is -0.261. The molecule has 0 unspecified atom stereocenters. The molecule has 10 heteroatoms. The van der Waals surface area contributed by atoms with Gasteiger partial charge in [-0.05, 0) is 24.6 Å². The zero-order valence-electron chi connectivity index (χ0n) is 16.0. The summed E-state index contributed by atoms with van der Waals surface area (Å²) < 4.78 is 26.8. The maximum Gasteiger partial charge on any atom is 0.279 e. The average Bonchev–Trinajstić information content (AvgIpc) is 2.70. The van der Waals surface area contributed by atoms with Crippen LogP contribution in [0.5, 0.6) is 0 Å². The first kappa shape index (κ1) is 20.9. The summed E-state index contributed by atoms with van der Waals surface area (Å²) in [6.45, 7) is 3.60. The van der Waals surface area contributed by atoms with Crippen molar-refractivity contribution in [2.24, 2.45) is 0 Å². The number of rotatable bonds is 6. The molecule has 1 amide bonds. The molecule has 1 fully saturated rings. The molecule has 0 atom stereocenters. The van der Waals surface area contributed by atoms with Crippen molar-refractivity contribution in [1.82, 2.24) is 4.31 Å². The molecule has 29 heavy (non-hydrogen) atoms. The van der Waals surface area contributed by atoms with Gasteiger partial charge in [-0.15, -0.1) is 0 Å². The van der Waals surface area contributed by atoms with E-state index >= 15 is 0 Å². The second-order valence-electron chi connectivity index (χ2n) is 6.95. The van der Waals surface area contributed by atoms with Crippen LogP contribution in [0.2, 0.25) is 0 Å². The van der Waals surface area contributed by atoms with Gasteiger partial charge < -0.3 is 10.2 Å². The van der Waals surface area contributed by atoms with E-state index in [0.717, 1.165) is 10.5 Å². The first-order chi connectivity index (χ1) is 13.8. The van der Waals surface area contributed by atoms with Gasteiger partial charge in [-0.25, -0.2) is 8.42 Å². The fourth-order valence-corrected chi connectivity index (χ4v) is 4.70. The summed E-state index contributed by atoms with van der Waals surface area (Å²) in [6, 6.07) is 12.6. The van der Waals surface area contributed by atoms with Crippen LogP contribution < -0.4 is 10.2 Å². The molecule has 0 radical (unpaired) electrons. The van der Waals surface area contributed by atoms with Crippen LogP contribution in [0.15, 0.2) is 53.4 Å². The van der Waals surface area contributed by atoms with Gasteiger partial charge in [0, 0.05) is 12.1 Å². The number of quaternary nitrogens is 1. The lowest BCUT2D eigenvalue weighted by Gasteiger charge is -2.31. The molecule has 1 heterocycles. The molecule has 2 N–H and O–H groups in total. The van der Waals surface area contributed by atoms with E-state index in [0.29, 0.717) is 31.9 Å². The number of hydrogen-bond donors (Lipinski definition) is 2. The average molecular weight is 419 g/mol. The lowest BCUT2D eigenvalue weighted by atomic mass is 10.2. The minimum atomic E-state index is -3.53. The number of non-ortho nitro benzene ring substituents is 1. The van der Waals surface area contributed by atoms with Crippen molar-refractivity contribution >= 4 is 27.3 Å². The number of sulfonamides is 1. The Balaban J connectivity index is 1.57. The molecule has 3 rings (SSSR count). The van der Waals surface area contributed by atoms with Gasteiger partial charge in [-0.2, -0.15) is 4.31 Å². The van der Waals surface area contributed by atoms with E-state index in [-0.39, 0.29) is 23.0 Å². The Hall–Kier alpha value is -2.82. The highest BCUT2D eigenvalue weighted by molar-refractivity contribution is 7.89. The van der Waals surface area contributed by atoms with Gasteiger partial charge in [0.25, 0.3) is 11.6 Å². The zero-order chi connectivity index (χ0) is 21.0. The molecular formula is C19H23N4O5S+. The van der Waals surface area contributed by atoms with Crippen molar-refractivity contribution in [2.45, 2.75) is 11.8 Å². The fourth-order valence-electron chi connectivity index (χ4n) is 3.24. The van der Waals surface area contributed by atoms with E-state index in [9.17, 15) is 23.3 Å². The third-order valence-corrected chi connectivity index (χ3v) is 6.84. The highest BCUT2D eigenvalue weighted by atomic mass is 32.2. The van der Waals surface area contributed by atoms with Crippen LogP contribution in [-0.4, -0.2) is 56.3 Å². The molecule has 154 valence electrons. The Labute approximate surface area is 169 Å². The number of nitrogens with zero attached hydrogens (tertiary/aromatic N) is 2. The molecule has 2 aromatic carbocycles. The van der Waals surface area contributed by atoms with Crippen LogP contribution in [0.25, 0.3) is 0 Å². The predicted octanol–water partition coefficient (Wildman–Crippen LogP) is 0.431. The highest BCUT2D eigenvalue weighted by Gasteiger charge is 2.31. The largest absolute Gasteiger partial charge is 0.325 e. The van der Waals surface area contributed by atoms with Crippen LogP contribution in [0.1, 0.15) is 5.56 Å². The number of aryl methyl sites for hydroxylation is 1. The molecule has 0 aliphatic carbocycles. The quantitative estimate of drug-likeness (QED) is 0.521. The summed E-state index contributed by atoms with van der Waals surface area (Å²) in [7, 11) is -3.53. The molecule has 9 nitrogen and oxygen atoms in total. The SMILES string of the molecule is Cc1ccc([N+](=O)[O-])cc1NC(=O)C[NH+]1CCN(S(=O)(=O)c2ccccc2)CC1. The normalized spacial score (nSPS) is 15.8. The number of anilines is 1. The number of carbonyl (C=O) groups is 1. The Morgan fingerprint density at radius 3 is 2.45 bits per heavy atom. The maximum absolute atomic E-state index is 12.7. The first-order valence-corrected chi connectivity index (χ1v) is 10.6. The summed E-state index contributed by atoms with van der Waals surface area (Å²) in [6.07, 6.45) is 0. The standard InChI is InChI=1S/C19H22N4O5S/c1-15-7-8-16(23(25)26)13-18(15)20-19(24)14-21-9-11-22(12-10-21)29(27,28)17-5-3-2-4-6-17/h2-8,13H,9-12,14H2,1H3,(H,20,24)/p+1. The molecular weight excluding hydrogens is 396 g/mol. The monoisotopic (exact) mass is 419 g/mol. The van der Waals surface area contributed by atoms with Gasteiger partial charge in [0.2, 0.25) is 10.0 Å². The van der Waals surface area contributed by atoms with Crippen LogP contribution >= 0.6 is 0 Å². The van der Waals surface area contributed by atoms with Crippen molar-refractivity contribution in [1.29, 1.82) is 0 Å². The molecule has 1 aliphatic heterocycles.